The molecule has 4 nitrogen and oxygen atoms in total. The van der Waals surface area contributed by atoms with E-state index < -0.39 is 0 Å². The Kier molecular flexibility index (Phi) is 5.49. The third-order valence-electron chi connectivity index (χ3n) is 2.96. The summed E-state index contributed by atoms with van der Waals surface area (Å²) in [6.45, 7) is 12.6. The number of amidine groups is 1. The topological polar surface area (TPSA) is 45.1 Å². The second-order valence-electron chi connectivity index (χ2n) is 4.17. The Morgan fingerprint density at radius 3 is 2.72 bits per heavy atom. The molecule has 18 heavy (non-hydrogen) atoms. The Morgan fingerprint density at radius 1 is 1.56 bits per heavy atom. The quantitative estimate of drug-likeness (QED) is 0.353. The third kappa shape index (κ3) is 3.15. The van der Waals surface area contributed by atoms with Gasteiger partial charge in [0.1, 0.15) is 0 Å². The summed E-state index contributed by atoms with van der Waals surface area (Å²) in [5, 5.41) is 9.89. The molecule has 1 aliphatic heterocycles. The first kappa shape index (κ1) is 14.4. The van der Waals surface area contributed by atoms with Crippen LogP contribution in [-0.2, 0) is 4.74 Å². The molecule has 1 aliphatic rings. The second-order valence-corrected chi connectivity index (χ2v) is 4.17. The van der Waals surface area contributed by atoms with Gasteiger partial charge in [0.2, 0.25) is 5.76 Å². The van der Waals surface area contributed by atoms with Crippen LogP contribution in [0.5, 0.6) is 0 Å². The Bertz CT molecular complexity index is 372. The van der Waals surface area contributed by atoms with Crippen molar-refractivity contribution in [1.29, 1.82) is 0 Å². The summed E-state index contributed by atoms with van der Waals surface area (Å²) in [5.74, 6) is 1.02. The van der Waals surface area contributed by atoms with E-state index in [0.717, 1.165) is 19.4 Å². The summed E-state index contributed by atoms with van der Waals surface area (Å²) >= 11 is 0. The zero-order valence-corrected chi connectivity index (χ0v) is 11.2. The van der Waals surface area contributed by atoms with Crippen LogP contribution in [0.4, 0.5) is 0 Å². The summed E-state index contributed by atoms with van der Waals surface area (Å²) in [5.41, 5.74) is 0. The van der Waals surface area contributed by atoms with Gasteiger partial charge in [-0.15, -0.1) is 0 Å². The van der Waals surface area contributed by atoms with Crippen LogP contribution in [0.1, 0.15) is 26.7 Å². The molecule has 100 valence electrons. The maximum Gasteiger partial charge on any atom is 0.203 e. The van der Waals surface area contributed by atoms with Crippen LogP contribution in [0, 0.1) is 0 Å². The van der Waals surface area contributed by atoms with E-state index in [1.807, 2.05) is 6.92 Å². The molecule has 1 saturated heterocycles. The van der Waals surface area contributed by atoms with Crippen molar-refractivity contribution in [2.75, 3.05) is 13.2 Å². The molecule has 4 heteroatoms. The van der Waals surface area contributed by atoms with Crippen LogP contribution in [0.25, 0.3) is 0 Å². The predicted molar refractivity (Wildman–Crippen MR) is 74.5 cm³/mol. The number of aliphatic hydroxyl groups is 1. The zero-order chi connectivity index (χ0) is 13.5. The number of hydrogen-bond acceptors (Lipinski definition) is 3. The highest BCUT2D eigenvalue weighted by Crippen LogP contribution is 2.22. The lowest BCUT2D eigenvalue weighted by atomic mass is 10.2. The lowest BCUT2D eigenvalue weighted by Crippen LogP contribution is -2.36. The maximum atomic E-state index is 9.89. The SMILES string of the molecule is C=C/N=C(\C(OCC)=C(\O)C=C)N1CCCC1C. The fourth-order valence-electron chi connectivity index (χ4n) is 2.09. The highest BCUT2D eigenvalue weighted by molar-refractivity contribution is 5.98. The Morgan fingerprint density at radius 2 is 2.28 bits per heavy atom. The third-order valence-corrected chi connectivity index (χ3v) is 2.96. The predicted octanol–water partition coefficient (Wildman–Crippen LogP) is 3.00. The average molecular weight is 250 g/mol. The summed E-state index contributed by atoms with van der Waals surface area (Å²) in [4.78, 5) is 6.39. The van der Waals surface area contributed by atoms with Gasteiger partial charge in [-0.25, -0.2) is 4.99 Å². The van der Waals surface area contributed by atoms with Crippen molar-refractivity contribution < 1.29 is 9.84 Å². The number of rotatable bonds is 5. The van der Waals surface area contributed by atoms with Crippen molar-refractivity contribution in [3.63, 3.8) is 0 Å². The normalized spacial score (nSPS) is 21.6. The Hall–Kier alpha value is -1.71. The molecular formula is C14H22N2O2. The monoisotopic (exact) mass is 250 g/mol. The van der Waals surface area contributed by atoms with Crippen LogP contribution < -0.4 is 0 Å². The molecule has 0 aromatic rings. The molecule has 1 unspecified atom stereocenters. The van der Waals surface area contributed by atoms with Gasteiger partial charge in [0.15, 0.2) is 11.6 Å². The van der Waals surface area contributed by atoms with Gasteiger partial charge in [-0.3, -0.25) is 0 Å². The maximum absolute atomic E-state index is 9.89. The van der Waals surface area contributed by atoms with E-state index in [4.69, 9.17) is 4.74 Å². The van der Waals surface area contributed by atoms with Gasteiger partial charge in [0.25, 0.3) is 0 Å². The number of ether oxygens (including phenoxy) is 1. The van der Waals surface area contributed by atoms with E-state index in [9.17, 15) is 5.11 Å². The van der Waals surface area contributed by atoms with Crippen molar-refractivity contribution in [3.8, 4) is 0 Å². The van der Waals surface area contributed by atoms with E-state index in [1.54, 1.807) is 0 Å². The summed E-state index contributed by atoms with van der Waals surface area (Å²) in [6.07, 6.45) is 5.07. The van der Waals surface area contributed by atoms with E-state index in [2.05, 4.69) is 30.0 Å². The van der Waals surface area contributed by atoms with E-state index in [0.29, 0.717) is 24.2 Å². The second kappa shape index (κ2) is 6.89. The molecule has 0 spiro atoms. The number of aliphatic imine (C=N–C) groups is 1. The minimum Gasteiger partial charge on any atom is -0.504 e. The molecular weight excluding hydrogens is 228 g/mol. The number of nitrogens with zero attached hydrogens (tertiary/aromatic N) is 2. The van der Waals surface area contributed by atoms with Gasteiger partial charge in [-0.1, -0.05) is 13.2 Å². The van der Waals surface area contributed by atoms with Gasteiger partial charge >= 0.3 is 0 Å². The molecule has 0 amide bonds. The molecule has 0 bridgehead atoms. The molecule has 0 aromatic heterocycles. The summed E-state index contributed by atoms with van der Waals surface area (Å²) < 4.78 is 5.51. The lowest BCUT2D eigenvalue weighted by Gasteiger charge is -2.26. The summed E-state index contributed by atoms with van der Waals surface area (Å²) in [7, 11) is 0. The first-order chi connectivity index (χ1) is 8.65. The molecule has 0 radical (unpaired) electrons. The van der Waals surface area contributed by atoms with Gasteiger partial charge in [-0.05, 0) is 32.8 Å². The first-order valence-electron chi connectivity index (χ1n) is 6.29. The Balaban J connectivity index is 3.13. The fraction of sp³-hybridized carbons (Fsp3) is 0.500. The van der Waals surface area contributed by atoms with Gasteiger partial charge in [0, 0.05) is 18.8 Å². The van der Waals surface area contributed by atoms with Crippen LogP contribution in [0.2, 0.25) is 0 Å². The minimum absolute atomic E-state index is 0.0107. The number of likely N-dealkylation sites (tertiary alicyclic amines) is 1. The van der Waals surface area contributed by atoms with Crippen LogP contribution in [0.15, 0.2) is 41.9 Å². The van der Waals surface area contributed by atoms with Crippen molar-refractivity contribution in [2.24, 2.45) is 4.99 Å². The lowest BCUT2D eigenvalue weighted by molar-refractivity contribution is 0.219. The molecule has 1 rings (SSSR count). The number of hydrogen-bond donors (Lipinski definition) is 1. The van der Waals surface area contributed by atoms with Crippen LogP contribution in [0.3, 0.4) is 0 Å². The fourth-order valence-corrected chi connectivity index (χ4v) is 2.09. The molecule has 1 heterocycles. The molecule has 0 aliphatic carbocycles. The Labute approximate surface area is 109 Å². The average Bonchev–Trinajstić information content (AvgIpc) is 2.79. The molecule has 1 atom stereocenters. The molecule has 0 aromatic carbocycles. The molecule has 1 fully saturated rings. The van der Waals surface area contributed by atoms with Gasteiger partial charge in [0.05, 0.1) is 6.61 Å². The standard InChI is InChI=1S/C14H22N2O2/c1-5-12(17)13(18-7-3)14(15-6-2)16-10-8-9-11(16)4/h5-6,11,17H,1-2,7-10H2,3-4H3/b13-12-,15-14+. The van der Waals surface area contributed by atoms with Crippen molar-refractivity contribution >= 4 is 5.84 Å². The minimum atomic E-state index is 0.0107. The van der Waals surface area contributed by atoms with E-state index in [1.165, 1.54) is 12.3 Å². The van der Waals surface area contributed by atoms with E-state index >= 15 is 0 Å². The molecule has 0 saturated carbocycles. The smallest absolute Gasteiger partial charge is 0.203 e. The van der Waals surface area contributed by atoms with Gasteiger partial charge < -0.3 is 14.7 Å². The number of aliphatic hydroxyl groups excluding tert-OH is 1. The first-order valence-corrected chi connectivity index (χ1v) is 6.29. The van der Waals surface area contributed by atoms with Crippen molar-refractivity contribution in [2.45, 2.75) is 32.7 Å². The largest absolute Gasteiger partial charge is 0.504 e. The summed E-state index contributed by atoms with van der Waals surface area (Å²) in [6, 6.07) is 0.386. The van der Waals surface area contributed by atoms with E-state index in [-0.39, 0.29) is 5.76 Å². The van der Waals surface area contributed by atoms with Gasteiger partial charge in [-0.2, -0.15) is 0 Å². The van der Waals surface area contributed by atoms with Crippen LogP contribution in [-0.4, -0.2) is 35.0 Å². The van der Waals surface area contributed by atoms with Crippen molar-refractivity contribution in [1.82, 2.24) is 4.90 Å². The number of allylic oxidation sites excluding steroid dienone is 1. The highest BCUT2D eigenvalue weighted by atomic mass is 16.5. The van der Waals surface area contributed by atoms with Crippen LogP contribution >= 0.6 is 0 Å². The molecule has 1 N–H and O–H groups in total. The van der Waals surface area contributed by atoms with Crippen molar-refractivity contribution in [3.05, 3.63) is 37.0 Å². The zero-order valence-electron chi connectivity index (χ0n) is 11.2. The highest BCUT2D eigenvalue weighted by Gasteiger charge is 2.27.